The van der Waals surface area contributed by atoms with Crippen LogP contribution in [0.2, 0.25) is 0 Å². The maximum absolute atomic E-state index is 12.4. The molecule has 0 bridgehead atoms. The highest BCUT2D eigenvalue weighted by Gasteiger charge is 2.41. The quantitative estimate of drug-likeness (QED) is 0.343. The molecule has 3 amide bonds. The van der Waals surface area contributed by atoms with Crippen molar-refractivity contribution in [1.29, 1.82) is 0 Å². The number of nitrogens with zero attached hydrogens (tertiary/aromatic N) is 1. The average molecular weight is 302 g/mol. The molecule has 1 aliphatic heterocycles. The van der Waals surface area contributed by atoms with E-state index in [2.05, 4.69) is 5.32 Å². The molecule has 0 radical (unpaired) electrons. The summed E-state index contributed by atoms with van der Waals surface area (Å²) in [5.74, 6) is -2.64. The van der Waals surface area contributed by atoms with Gasteiger partial charge in [0.05, 0.1) is 18.8 Å². The molecule has 1 heterocycles. The number of amides is 3. The molecule has 4 atom stereocenters. The van der Waals surface area contributed by atoms with Crippen molar-refractivity contribution in [3.05, 3.63) is 0 Å². The lowest BCUT2D eigenvalue weighted by molar-refractivity contribution is -0.157. The van der Waals surface area contributed by atoms with Crippen molar-refractivity contribution in [3.63, 3.8) is 0 Å². The van der Waals surface area contributed by atoms with Gasteiger partial charge in [0.2, 0.25) is 17.7 Å². The average Bonchev–Trinajstić information content (AvgIpc) is 2.95. The molecule has 0 aromatic rings. The van der Waals surface area contributed by atoms with Crippen LogP contribution < -0.4 is 16.8 Å². The van der Waals surface area contributed by atoms with Gasteiger partial charge < -0.3 is 27.0 Å². The zero-order valence-electron chi connectivity index (χ0n) is 11.9. The van der Waals surface area contributed by atoms with Gasteiger partial charge >= 0.3 is 0 Å². The van der Waals surface area contributed by atoms with E-state index in [1.807, 2.05) is 0 Å². The van der Waals surface area contributed by atoms with Gasteiger partial charge in [0.1, 0.15) is 12.1 Å². The van der Waals surface area contributed by atoms with Gasteiger partial charge in [-0.25, -0.2) is 0 Å². The van der Waals surface area contributed by atoms with E-state index in [1.54, 1.807) is 0 Å². The maximum atomic E-state index is 12.4. The number of aliphatic hydroxyl groups excluding tert-OH is 2. The second-order valence-corrected chi connectivity index (χ2v) is 5.07. The van der Waals surface area contributed by atoms with Crippen LogP contribution in [0.25, 0.3) is 0 Å². The fourth-order valence-corrected chi connectivity index (χ4v) is 2.28. The topological polar surface area (TPSA) is 159 Å². The summed E-state index contributed by atoms with van der Waals surface area (Å²) in [4.78, 5) is 36.7. The Hall–Kier alpha value is -1.55. The lowest BCUT2D eigenvalue weighted by Gasteiger charge is -2.33. The number of aliphatic hydroxyl groups is 2. The van der Waals surface area contributed by atoms with Crippen molar-refractivity contribution in [2.24, 2.45) is 11.5 Å². The number of hydrogen-bond acceptors (Lipinski definition) is 7. The molecule has 4 unspecified atom stereocenters. The van der Waals surface area contributed by atoms with Gasteiger partial charge in [-0.2, -0.15) is 0 Å². The molecule has 120 valence electrons. The summed E-state index contributed by atoms with van der Waals surface area (Å²) in [5.41, 5.74) is 10.6. The van der Waals surface area contributed by atoms with Gasteiger partial charge in [-0.1, -0.05) is 0 Å². The van der Waals surface area contributed by atoms with E-state index in [0.717, 1.165) is 6.42 Å². The summed E-state index contributed by atoms with van der Waals surface area (Å²) < 4.78 is 0. The third kappa shape index (κ3) is 3.97. The lowest BCUT2D eigenvalue weighted by Crippen LogP contribution is -2.62. The third-order valence-corrected chi connectivity index (χ3v) is 3.37. The van der Waals surface area contributed by atoms with Crippen LogP contribution in [0.15, 0.2) is 0 Å². The molecule has 7 N–H and O–H groups in total. The summed E-state index contributed by atoms with van der Waals surface area (Å²) in [5, 5.41) is 21.6. The zero-order chi connectivity index (χ0) is 16.2. The molecule has 0 aromatic heterocycles. The monoisotopic (exact) mass is 302 g/mol. The van der Waals surface area contributed by atoms with Gasteiger partial charge in [-0.05, 0) is 26.3 Å². The van der Waals surface area contributed by atoms with Crippen LogP contribution in [0.3, 0.4) is 0 Å². The van der Waals surface area contributed by atoms with Crippen molar-refractivity contribution in [3.8, 4) is 0 Å². The normalized spacial score (nSPS) is 22.4. The summed E-state index contributed by atoms with van der Waals surface area (Å²) in [6.45, 7) is 1.17. The van der Waals surface area contributed by atoms with Crippen molar-refractivity contribution in [2.45, 2.75) is 44.0 Å². The minimum Gasteiger partial charge on any atom is -0.394 e. The van der Waals surface area contributed by atoms with E-state index in [0.29, 0.717) is 17.9 Å². The second-order valence-electron chi connectivity index (χ2n) is 5.07. The van der Waals surface area contributed by atoms with Gasteiger partial charge in [-0.15, -0.1) is 0 Å². The fourth-order valence-electron chi connectivity index (χ4n) is 2.28. The summed E-state index contributed by atoms with van der Waals surface area (Å²) in [7, 11) is 0. The Morgan fingerprint density at radius 1 is 1.43 bits per heavy atom. The number of rotatable bonds is 6. The van der Waals surface area contributed by atoms with Crippen molar-refractivity contribution in [1.82, 2.24) is 10.2 Å². The molecule has 0 spiro atoms. The first-order valence-corrected chi connectivity index (χ1v) is 6.75. The van der Waals surface area contributed by atoms with Crippen molar-refractivity contribution in [2.75, 3.05) is 13.2 Å². The number of carbonyl (C=O) groups excluding carboxylic acids is 3. The number of nitrogens with two attached hydrogens (primary N) is 2. The Morgan fingerprint density at radius 2 is 2.05 bits per heavy atom. The predicted octanol–water partition coefficient (Wildman–Crippen LogP) is -3.35. The number of nitrogens with one attached hydrogen (secondary N) is 1. The number of imide groups is 1. The molecule has 0 aromatic carbocycles. The summed E-state index contributed by atoms with van der Waals surface area (Å²) in [6, 6.07) is -3.53. The minimum absolute atomic E-state index is 0.502. The highest BCUT2D eigenvalue weighted by molar-refractivity contribution is 6.04. The van der Waals surface area contributed by atoms with E-state index in [9.17, 15) is 19.5 Å². The molecule has 9 nitrogen and oxygen atoms in total. The zero-order valence-corrected chi connectivity index (χ0v) is 11.9. The molecule has 1 saturated heterocycles. The predicted molar refractivity (Wildman–Crippen MR) is 72.6 cm³/mol. The SMILES string of the molecule is CC(O)C(C(N)=O)N(C(=O)C(N)CO)C(=O)C1CCCN1. The Morgan fingerprint density at radius 3 is 2.43 bits per heavy atom. The van der Waals surface area contributed by atoms with Gasteiger partial charge in [0, 0.05) is 0 Å². The number of primary amides is 1. The van der Waals surface area contributed by atoms with Gasteiger partial charge in [-0.3, -0.25) is 19.3 Å². The Kier molecular flexibility index (Phi) is 6.21. The first-order chi connectivity index (χ1) is 9.81. The van der Waals surface area contributed by atoms with E-state index in [-0.39, 0.29) is 0 Å². The largest absolute Gasteiger partial charge is 0.394 e. The van der Waals surface area contributed by atoms with Crippen LogP contribution in [0.4, 0.5) is 0 Å². The maximum Gasteiger partial charge on any atom is 0.249 e. The van der Waals surface area contributed by atoms with Crippen LogP contribution in [0.1, 0.15) is 19.8 Å². The first kappa shape index (κ1) is 17.5. The van der Waals surface area contributed by atoms with Crippen LogP contribution in [-0.2, 0) is 14.4 Å². The Bertz CT molecular complexity index is 408. The molecule has 21 heavy (non-hydrogen) atoms. The van der Waals surface area contributed by atoms with Crippen molar-refractivity contribution >= 4 is 17.7 Å². The smallest absolute Gasteiger partial charge is 0.249 e. The standard InChI is InChI=1S/C12H22N4O5/c1-6(18)9(10(14)19)16(11(20)7(13)5-17)12(21)8-3-2-4-15-8/h6-9,15,17-18H,2-5,13H2,1H3,(H2,14,19). The van der Waals surface area contributed by atoms with Crippen LogP contribution in [0.5, 0.6) is 0 Å². The minimum atomic E-state index is -1.52. The Balaban J connectivity index is 3.11. The number of carbonyl (C=O) groups is 3. The van der Waals surface area contributed by atoms with Crippen molar-refractivity contribution < 1.29 is 24.6 Å². The highest BCUT2D eigenvalue weighted by atomic mass is 16.3. The Labute approximate surface area is 122 Å². The molecular formula is C12H22N4O5. The molecular weight excluding hydrogens is 280 g/mol. The van der Waals surface area contributed by atoms with Gasteiger partial charge in [0.15, 0.2) is 0 Å². The van der Waals surface area contributed by atoms with Crippen LogP contribution in [-0.4, -0.2) is 70.2 Å². The summed E-state index contributed by atoms with van der Waals surface area (Å²) >= 11 is 0. The fraction of sp³-hybridized carbons (Fsp3) is 0.750. The van der Waals surface area contributed by atoms with Crippen LogP contribution >= 0.6 is 0 Å². The lowest BCUT2D eigenvalue weighted by atomic mass is 10.1. The summed E-state index contributed by atoms with van der Waals surface area (Å²) in [6.07, 6.45) is -0.0921. The highest BCUT2D eigenvalue weighted by Crippen LogP contribution is 2.14. The third-order valence-electron chi connectivity index (χ3n) is 3.37. The van der Waals surface area contributed by atoms with Crippen LogP contribution in [0, 0.1) is 0 Å². The molecule has 1 fully saturated rings. The van der Waals surface area contributed by atoms with E-state index in [4.69, 9.17) is 16.6 Å². The van der Waals surface area contributed by atoms with E-state index < -0.39 is 48.6 Å². The second kappa shape index (κ2) is 7.46. The molecule has 9 heteroatoms. The molecule has 0 saturated carbocycles. The molecule has 1 aliphatic rings. The molecule has 1 rings (SSSR count). The van der Waals surface area contributed by atoms with E-state index in [1.165, 1.54) is 6.92 Å². The number of hydrogen-bond donors (Lipinski definition) is 5. The molecule has 0 aliphatic carbocycles. The first-order valence-electron chi connectivity index (χ1n) is 6.75. The van der Waals surface area contributed by atoms with Gasteiger partial charge in [0.25, 0.3) is 0 Å². The van der Waals surface area contributed by atoms with E-state index >= 15 is 0 Å².